The summed E-state index contributed by atoms with van der Waals surface area (Å²) in [5, 5.41) is 9.26. The van der Waals surface area contributed by atoms with E-state index < -0.39 is 5.97 Å². The van der Waals surface area contributed by atoms with Crippen molar-refractivity contribution in [2.24, 2.45) is 0 Å². The van der Waals surface area contributed by atoms with Gasteiger partial charge in [-0.15, -0.1) is 11.3 Å². The first-order valence-electron chi connectivity index (χ1n) is 4.93. The molecule has 0 fully saturated rings. The molecule has 86 valence electrons. The van der Waals surface area contributed by atoms with Crippen molar-refractivity contribution in [3.05, 3.63) is 52.0 Å². The van der Waals surface area contributed by atoms with Gasteiger partial charge in [-0.25, -0.2) is 9.78 Å². The molecule has 1 heterocycles. The molecule has 2 aromatic rings. The first kappa shape index (κ1) is 11.5. The monoisotopic (exact) mass is 247 g/mol. The van der Waals surface area contributed by atoms with Crippen LogP contribution in [0.3, 0.4) is 0 Å². The number of aromatic nitrogens is 1. The van der Waals surface area contributed by atoms with E-state index in [-0.39, 0.29) is 17.1 Å². The average molecular weight is 247 g/mol. The topological polar surface area (TPSA) is 67.3 Å². The van der Waals surface area contributed by atoms with Crippen LogP contribution in [0, 0.1) is 0 Å². The van der Waals surface area contributed by atoms with E-state index in [2.05, 4.69) is 4.98 Å². The second-order valence-corrected chi connectivity index (χ2v) is 4.50. The van der Waals surface area contributed by atoms with Crippen molar-refractivity contribution in [2.45, 2.75) is 6.42 Å². The van der Waals surface area contributed by atoms with Crippen LogP contribution in [0.25, 0.3) is 0 Å². The number of aromatic carboxylic acids is 1. The van der Waals surface area contributed by atoms with E-state index in [1.165, 1.54) is 6.20 Å². The number of benzene rings is 1. The summed E-state index contributed by atoms with van der Waals surface area (Å²) in [6, 6.07) is 8.88. The van der Waals surface area contributed by atoms with E-state index in [0.717, 1.165) is 11.3 Å². The Hall–Kier alpha value is -2.01. The molecule has 0 bridgehead atoms. The zero-order chi connectivity index (χ0) is 12.3. The van der Waals surface area contributed by atoms with Gasteiger partial charge in [-0.3, -0.25) is 4.79 Å². The minimum atomic E-state index is -1.01. The van der Waals surface area contributed by atoms with Crippen LogP contribution in [-0.2, 0) is 6.42 Å². The summed E-state index contributed by atoms with van der Waals surface area (Å²) in [5.41, 5.74) is 0.611. The van der Waals surface area contributed by atoms with Crippen molar-refractivity contribution in [3.63, 3.8) is 0 Å². The van der Waals surface area contributed by atoms with Gasteiger partial charge in [-0.1, -0.05) is 30.3 Å². The first-order chi connectivity index (χ1) is 8.16. The summed E-state index contributed by atoms with van der Waals surface area (Å²) in [7, 11) is 0. The number of nitrogens with zero attached hydrogens (tertiary/aromatic N) is 1. The third-order valence-corrected chi connectivity index (χ3v) is 3.16. The highest BCUT2D eigenvalue weighted by atomic mass is 32.1. The minimum absolute atomic E-state index is 0.0584. The zero-order valence-corrected chi connectivity index (χ0v) is 9.61. The summed E-state index contributed by atoms with van der Waals surface area (Å²) in [6.07, 6.45) is 1.42. The van der Waals surface area contributed by atoms with Gasteiger partial charge in [0.2, 0.25) is 0 Å². The molecule has 5 heteroatoms. The van der Waals surface area contributed by atoms with Crippen LogP contribution >= 0.6 is 11.3 Å². The van der Waals surface area contributed by atoms with E-state index in [9.17, 15) is 9.59 Å². The first-order valence-corrected chi connectivity index (χ1v) is 5.74. The van der Waals surface area contributed by atoms with Crippen molar-refractivity contribution in [3.8, 4) is 0 Å². The molecule has 4 nitrogen and oxygen atoms in total. The number of ketones is 1. The van der Waals surface area contributed by atoms with Gasteiger partial charge in [0.05, 0.1) is 12.6 Å². The molecule has 1 aromatic carbocycles. The molecule has 0 atom stereocenters. The Morgan fingerprint density at radius 1 is 1.24 bits per heavy atom. The number of thiazole rings is 1. The Balaban J connectivity index is 2.11. The van der Waals surface area contributed by atoms with E-state index in [1.54, 1.807) is 24.3 Å². The summed E-state index contributed by atoms with van der Waals surface area (Å²) in [5.74, 6) is -1.07. The fraction of sp³-hybridized carbons (Fsp3) is 0.0833. The molecule has 0 aliphatic heterocycles. The van der Waals surface area contributed by atoms with Crippen LogP contribution in [0.1, 0.15) is 25.0 Å². The maximum absolute atomic E-state index is 11.8. The molecule has 1 N–H and O–H groups in total. The predicted molar refractivity (Wildman–Crippen MR) is 63.5 cm³/mol. The van der Waals surface area contributed by atoms with Crippen molar-refractivity contribution < 1.29 is 14.7 Å². The quantitative estimate of drug-likeness (QED) is 0.841. The molecule has 0 saturated carbocycles. The largest absolute Gasteiger partial charge is 0.477 e. The van der Waals surface area contributed by atoms with Crippen molar-refractivity contribution in [1.29, 1.82) is 0 Å². The normalized spacial score (nSPS) is 10.1. The Morgan fingerprint density at radius 2 is 1.94 bits per heavy atom. The van der Waals surface area contributed by atoms with E-state index in [0.29, 0.717) is 10.6 Å². The molecule has 0 aliphatic rings. The number of Topliss-reactive ketones (excluding diaryl/α,β-unsaturated/α-hetero) is 1. The molecule has 0 radical (unpaired) electrons. The maximum Gasteiger partial charge on any atom is 0.347 e. The Morgan fingerprint density at radius 3 is 2.53 bits per heavy atom. The molecule has 0 aliphatic carbocycles. The van der Waals surface area contributed by atoms with Crippen LogP contribution in [-0.4, -0.2) is 21.8 Å². The number of carboxylic acid groups (broad SMARTS) is 1. The average Bonchev–Trinajstić information content (AvgIpc) is 2.79. The van der Waals surface area contributed by atoms with Gasteiger partial charge in [0.1, 0.15) is 9.88 Å². The Bertz CT molecular complexity index is 548. The van der Waals surface area contributed by atoms with Gasteiger partial charge in [0.25, 0.3) is 0 Å². The highest BCUT2D eigenvalue weighted by Crippen LogP contribution is 2.15. The minimum Gasteiger partial charge on any atom is -0.477 e. The van der Waals surface area contributed by atoms with Crippen LogP contribution in [0.2, 0.25) is 0 Å². The lowest BCUT2D eigenvalue weighted by Crippen LogP contribution is -2.02. The smallest absolute Gasteiger partial charge is 0.347 e. The highest BCUT2D eigenvalue weighted by Gasteiger charge is 2.12. The summed E-state index contributed by atoms with van der Waals surface area (Å²) in [4.78, 5) is 26.5. The molecule has 2 rings (SSSR count). The third kappa shape index (κ3) is 2.76. The van der Waals surface area contributed by atoms with Crippen LogP contribution < -0.4 is 0 Å². The maximum atomic E-state index is 11.8. The zero-order valence-electron chi connectivity index (χ0n) is 8.79. The van der Waals surface area contributed by atoms with E-state index in [1.807, 2.05) is 6.07 Å². The molecular formula is C12H9NO3S. The highest BCUT2D eigenvalue weighted by molar-refractivity contribution is 7.13. The van der Waals surface area contributed by atoms with Gasteiger partial charge in [0.15, 0.2) is 5.78 Å². The predicted octanol–water partition coefficient (Wildman–Crippen LogP) is 2.27. The fourth-order valence-corrected chi connectivity index (χ4v) is 2.11. The molecule has 0 saturated heterocycles. The van der Waals surface area contributed by atoms with Crippen LogP contribution in [0.5, 0.6) is 0 Å². The van der Waals surface area contributed by atoms with E-state index in [4.69, 9.17) is 5.11 Å². The number of rotatable bonds is 4. The van der Waals surface area contributed by atoms with Gasteiger partial charge >= 0.3 is 5.97 Å². The molecule has 0 amide bonds. The Labute approximate surface area is 102 Å². The van der Waals surface area contributed by atoms with Crippen LogP contribution in [0.15, 0.2) is 36.5 Å². The molecule has 0 unspecified atom stereocenters. The van der Waals surface area contributed by atoms with Gasteiger partial charge in [0, 0.05) is 5.56 Å². The summed E-state index contributed by atoms with van der Waals surface area (Å²) >= 11 is 1.03. The molecule has 17 heavy (non-hydrogen) atoms. The lowest BCUT2D eigenvalue weighted by molar-refractivity contribution is 0.0701. The number of hydrogen-bond acceptors (Lipinski definition) is 4. The number of carbonyl (C=O) groups is 2. The van der Waals surface area contributed by atoms with Gasteiger partial charge in [-0.2, -0.15) is 0 Å². The number of carbonyl (C=O) groups excluding carboxylic acids is 1. The third-order valence-electron chi connectivity index (χ3n) is 2.17. The lowest BCUT2D eigenvalue weighted by Gasteiger charge is -1.97. The molecular weight excluding hydrogens is 238 g/mol. The number of hydrogen-bond donors (Lipinski definition) is 1. The number of carboxylic acids is 1. The SMILES string of the molecule is O=C(Cc1ncc(C(=O)O)s1)c1ccccc1. The van der Waals surface area contributed by atoms with Gasteiger partial charge in [-0.05, 0) is 0 Å². The summed E-state index contributed by atoms with van der Waals surface area (Å²) < 4.78 is 0. The van der Waals surface area contributed by atoms with Gasteiger partial charge < -0.3 is 5.11 Å². The fourth-order valence-electron chi connectivity index (χ4n) is 1.35. The standard InChI is InChI=1S/C12H9NO3S/c14-9(8-4-2-1-3-5-8)6-11-13-7-10(17-11)12(15)16/h1-5,7H,6H2,(H,15,16). The molecule has 0 spiro atoms. The molecule has 1 aromatic heterocycles. The van der Waals surface area contributed by atoms with Crippen LogP contribution in [0.4, 0.5) is 0 Å². The Kier molecular flexibility index (Phi) is 3.30. The summed E-state index contributed by atoms with van der Waals surface area (Å²) in [6.45, 7) is 0. The second-order valence-electron chi connectivity index (χ2n) is 3.39. The van der Waals surface area contributed by atoms with Crippen molar-refractivity contribution in [1.82, 2.24) is 4.98 Å². The van der Waals surface area contributed by atoms with Crippen molar-refractivity contribution >= 4 is 23.1 Å². The second kappa shape index (κ2) is 4.88. The lowest BCUT2D eigenvalue weighted by atomic mass is 10.1. The van der Waals surface area contributed by atoms with E-state index >= 15 is 0 Å². The van der Waals surface area contributed by atoms with Crippen molar-refractivity contribution in [2.75, 3.05) is 0 Å².